The SMILES string of the molecule is CN(CC(=O)NCCSCc1ccccc1F)S(=O)(=O)c1ccc(F)cc1. The number of carbonyl (C=O) groups is 1. The molecule has 2 aromatic rings. The number of carbonyl (C=O) groups excluding carboxylic acids is 1. The monoisotopic (exact) mass is 414 g/mol. The number of nitrogens with one attached hydrogen (secondary N) is 1. The third-order valence-electron chi connectivity index (χ3n) is 3.67. The van der Waals surface area contributed by atoms with Crippen LogP contribution in [0.5, 0.6) is 0 Å². The van der Waals surface area contributed by atoms with Gasteiger partial charge < -0.3 is 5.32 Å². The fourth-order valence-corrected chi connectivity index (χ4v) is 4.16. The predicted octanol–water partition coefficient (Wildman–Crippen LogP) is 2.63. The molecule has 146 valence electrons. The molecule has 0 aliphatic carbocycles. The highest BCUT2D eigenvalue weighted by molar-refractivity contribution is 7.98. The lowest BCUT2D eigenvalue weighted by molar-refractivity contribution is -0.121. The molecular weight excluding hydrogens is 394 g/mol. The van der Waals surface area contributed by atoms with Gasteiger partial charge in [-0.3, -0.25) is 4.79 Å². The van der Waals surface area contributed by atoms with Gasteiger partial charge in [0.05, 0.1) is 11.4 Å². The molecule has 2 aromatic carbocycles. The molecule has 0 heterocycles. The molecule has 27 heavy (non-hydrogen) atoms. The maximum absolute atomic E-state index is 13.5. The van der Waals surface area contributed by atoms with Gasteiger partial charge in [-0.25, -0.2) is 17.2 Å². The lowest BCUT2D eigenvalue weighted by Crippen LogP contribution is -2.39. The fourth-order valence-electron chi connectivity index (χ4n) is 2.19. The molecule has 0 bridgehead atoms. The molecule has 5 nitrogen and oxygen atoms in total. The van der Waals surface area contributed by atoms with E-state index in [4.69, 9.17) is 0 Å². The number of benzene rings is 2. The summed E-state index contributed by atoms with van der Waals surface area (Å²) in [6.45, 7) is -0.0138. The summed E-state index contributed by atoms with van der Waals surface area (Å²) in [5, 5.41) is 2.63. The molecule has 0 saturated heterocycles. The first kappa shape index (κ1) is 21.3. The first-order valence-corrected chi connectivity index (χ1v) is 10.7. The van der Waals surface area contributed by atoms with Gasteiger partial charge in [0.15, 0.2) is 0 Å². The van der Waals surface area contributed by atoms with E-state index < -0.39 is 21.7 Å². The maximum Gasteiger partial charge on any atom is 0.243 e. The van der Waals surface area contributed by atoms with Crippen LogP contribution in [0.2, 0.25) is 0 Å². The maximum atomic E-state index is 13.5. The van der Waals surface area contributed by atoms with Crippen molar-refractivity contribution in [2.75, 3.05) is 25.9 Å². The third kappa shape index (κ3) is 6.30. The van der Waals surface area contributed by atoms with Gasteiger partial charge >= 0.3 is 0 Å². The van der Waals surface area contributed by atoms with Crippen molar-refractivity contribution in [3.8, 4) is 0 Å². The molecule has 1 N–H and O–H groups in total. The van der Waals surface area contributed by atoms with Crippen LogP contribution < -0.4 is 5.32 Å². The van der Waals surface area contributed by atoms with Crippen LogP contribution in [0.25, 0.3) is 0 Å². The standard InChI is InChI=1S/C18H20F2N2O3S2/c1-22(27(24,25)16-8-6-15(19)7-9-16)12-18(23)21-10-11-26-13-14-4-2-3-5-17(14)20/h2-9H,10-13H2,1H3,(H,21,23). The minimum atomic E-state index is -3.87. The smallest absolute Gasteiger partial charge is 0.243 e. The Morgan fingerprint density at radius 3 is 2.44 bits per heavy atom. The number of hydrogen-bond acceptors (Lipinski definition) is 4. The first-order chi connectivity index (χ1) is 12.8. The molecule has 0 aliphatic heterocycles. The molecule has 1 amide bonds. The Kier molecular flexibility index (Phi) is 7.76. The Hall–Kier alpha value is -1.97. The van der Waals surface area contributed by atoms with E-state index in [1.54, 1.807) is 18.2 Å². The van der Waals surface area contributed by atoms with Crippen molar-refractivity contribution < 1.29 is 22.0 Å². The summed E-state index contributed by atoms with van der Waals surface area (Å²) in [5.74, 6) is -0.200. The van der Waals surface area contributed by atoms with Crippen LogP contribution in [0, 0.1) is 11.6 Å². The summed E-state index contributed by atoms with van der Waals surface area (Å²) < 4.78 is 52.0. The third-order valence-corrected chi connectivity index (χ3v) is 6.50. The van der Waals surface area contributed by atoms with Gasteiger partial charge in [-0.05, 0) is 35.9 Å². The number of amides is 1. The van der Waals surface area contributed by atoms with Gasteiger partial charge in [0.25, 0.3) is 0 Å². The van der Waals surface area contributed by atoms with Crippen LogP contribution in [0.3, 0.4) is 0 Å². The van der Waals surface area contributed by atoms with E-state index in [0.29, 0.717) is 23.6 Å². The molecule has 2 rings (SSSR count). The molecule has 0 unspecified atom stereocenters. The van der Waals surface area contributed by atoms with Crippen LogP contribution in [0.1, 0.15) is 5.56 Å². The summed E-state index contributed by atoms with van der Waals surface area (Å²) in [7, 11) is -2.58. The van der Waals surface area contributed by atoms with Gasteiger partial charge in [-0.2, -0.15) is 16.1 Å². The van der Waals surface area contributed by atoms with Crippen LogP contribution in [0.4, 0.5) is 8.78 Å². The summed E-state index contributed by atoms with van der Waals surface area (Å²) >= 11 is 1.46. The molecule has 0 atom stereocenters. The average Bonchev–Trinajstić information content (AvgIpc) is 2.63. The topological polar surface area (TPSA) is 66.5 Å². The van der Waals surface area contributed by atoms with Crippen LogP contribution >= 0.6 is 11.8 Å². The van der Waals surface area contributed by atoms with E-state index in [1.165, 1.54) is 24.9 Å². The Bertz CT molecular complexity index is 874. The minimum absolute atomic E-state index is 0.0837. The zero-order valence-electron chi connectivity index (χ0n) is 14.7. The molecule has 0 aliphatic rings. The van der Waals surface area contributed by atoms with E-state index in [9.17, 15) is 22.0 Å². The quantitative estimate of drug-likeness (QED) is 0.641. The molecule has 0 spiro atoms. The average molecular weight is 414 g/mol. The van der Waals surface area contributed by atoms with Crippen molar-refractivity contribution in [2.24, 2.45) is 0 Å². The van der Waals surface area contributed by atoms with Crippen molar-refractivity contribution in [1.29, 1.82) is 0 Å². The number of likely N-dealkylation sites (N-methyl/N-ethyl adjacent to an activating group) is 1. The Balaban J connectivity index is 1.75. The second-order valence-electron chi connectivity index (χ2n) is 5.71. The highest BCUT2D eigenvalue weighted by Crippen LogP contribution is 2.15. The number of thioether (sulfide) groups is 1. The molecular formula is C18H20F2N2O3S2. The van der Waals surface area contributed by atoms with Crippen LogP contribution in [-0.4, -0.2) is 44.5 Å². The Morgan fingerprint density at radius 2 is 1.78 bits per heavy atom. The second kappa shape index (κ2) is 9.82. The van der Waals surface area contributed by atoms with E-state index in [1.807, 2.05) is 0 Å². The van der Waals surface area contributed by atoms with Gasteiger partial charge in [0.2, 0.25) is 15.9 Å². The zero-order valence-corrected chi connectivity index (χ0v) is 16.3. The van der Waals surface area contributed by atoms with Gasteiger partial charge in [-0.15, -0.1) is 0 Å². The van der Waals surface area contributed by atoms with Crippen molar-refractivity contribution in [3.05, 3.63) is 65.7 Å². The van der Waals surface area contributed by atoms with Gasteiger partial charge in [0.1, 0.15) is 11.6 Å². The van der Waals surface area contributed by atoms with E-state index in [-0.39, 0.29) is 17.3 Å². The van der Waals surface area contributed by atoms with Crippen LogP contribution in [0.15, 0.2) is 53.4 Å². The van der Waals surface area contributed by atoms with Gasteiger partial charge in [-0.1, -0.05) is 18.2 Å². The fraction of sp³-hybridized carbons (Fsp3) is 0.278. The van der Waals surface area contributed by atoms with Crippen molar-refractivity contribution in [2.45, 2.75) is 10.6 Å². The Labute approximate surface area is 161 Å². The van der Waals surface area contributed by atoms with E-state index >= 15 is 0 Å². The highest BCUT2D eigenvalue weighted by Gasteiger charge is 2.22. The van der Waals surface area contributed by atoms with Crippen molar-refractivity contribution in [1.82, 2.24) is 9.62 Å². The highest BCUT2D eigenvalue weighted by atomic mass is 32.2. The normalized spacial score (nSPS) is 11.6. The summed E-state index contributed by atoms with van der Waals surface area (Å²) in [5.41, 5.74) is 0.596. The number of halogens is 2. The van der Waals surface area contributed by atoms with E-state index in [2.05, 4.69) is 5.32 Å². The molecule has 0 fully saturated rings. The van der Waals surface area contributed by atoms with Crippen molar-refractivity contribution >= 4 is 27.7 Å². The number of nitrogens with zero attached hydrogens (tertiary/aromatic N) is 1. The minimum Gasteiger partial charge on any atom is -0.354 e. The number of sulfonamides is 1. The molecule has 0 radical (unpaired) electrons. The van der Waals surface area contributed by atoms with Gasteiger partial charge in [0, 0.05) is 25.1 Å². The lowest BCUT2D eigenvalue weighted by atomic mass is 10.2. The van der Waals surface area contributed by atoms with E-state index in [0.717, 1.165) is 28.6 Å². The lowest BCUT2D eigenvalue weighted by Gasteiger charge is -2.16. The summed E-state index contributed by atoms with van der Waals surface area (Å²) in [6, 6.07) is 10.9. The molecule has 0 aromatic heterocycles. The largest absolute Gasteiger partial charge is 0.354 e. The summed E-state index contributed by atoms with van der Waals surface area (Å²) in [6.07, 6.45) is 0. The zero-order chi connectivity index (χ0) is 19.9. The number of hydrogen-bond donors (Lipinski definition) is 1. The number of rotatable bonds is 9. The first-order valence-electron chi connectivity index (χ1n) is 8.10. The second-order valence-corrected chi connectivity index (χ2v) is 8.86. The summed E-state index contributed by atoms with van der Waals surface area (Å²) in [4.78, 5) is 11.8. The Morgan fingerprint density at radius 1 is 1.11 bits per heavy atom. The van der Waals surface area contributed by atoms with Crippen LogP contribution in [-0.2, 0) is 20.6 Å². The predicted molar refractivity (Wildman–Crippen MR) is 102 cm³/mol. The molecule has 0 saturated carbocycles. The molecule has 9 heteroatoms. The van der Waals surface area contributed by atoms with Crippen molar-refractivity contribution in [3.63, 3.8) is 0 Å².